The van der Waals surface area contributed by atoms with Crippen molar-refractivity contribution >= 4 is 17.2 Å². The van der Waals surface area contributed by atoms with Crippen molar-refractivity contribution in [3.05, 3.63) is 33.6 Å². The molecule has 2 aromatic heterocycles. The molecule has 4 nitrogen and oxygen atoms in total. The first-order chi connectivity index (χ1) is 5.68. The first-order valence-electron chi connectivity index (χ1n) is 3.10. The molecule has 0 aromatic carbocycles. The second-order valence-corrected chi connectivity index (χ2v) is 2.64. The fourth-order valence-electron chi connectivity index (χ4n) is 0.939. The third-order valence-electron chi connectivity index (χ3n) is 1.44. The van der Waals surface area contributed by atoms with E-state index in [1.165, 1.54) is 0 Å². The summed E-state index contributed by atoms with van der Waals surface area (Å²) in [4.78, 5) is 10.9. The Morgan fingerprint density at radius 3 is 3.17 bits per heavy atom. The summed E-state index contributed by atoms with van der Waals surface area (Å²) in [5.41, 5.74) is -0.283. The van der Waals surface area contributed by atoms with E-state index in [4.69, 9.17) is 11.6 Å². The summed E-state index contributed by atoms with van der Waals surface area (Å²) < 4.78 is 13.7. The lowest BCUT2D eigenvalue weighted by atomic mass is 10.4. The van der Waals surface area contributed by atoms with Gasteiger partial charge in [0.05, 0.1) is 11.2 Å². The number of aromatic amines is 1. The Morgan fingerprint density at radius 2 is 2.42 bits per heavy atom. The minimum absolute atomic E-state index is 0.105. The van der Waals surface area contributed by atoms with Crippen LogP contribution in [0.4, 0.5) is 4.39 Å². The molecule has 1 N–H and O–H groups in total. The van der Waals surface area contributed by atoms with Gasteiger partial charge in [-0.15, -0.1) is 0 Å². The number of rotatable bonds is 0. The zero-order valence-electron chi connectivity index (χ0n) is 5.71. The lowest BCUT2D eigenvalue weighted by Crippen LogP contribution is -2.09. The van der Waals surface area contributed by atoms with Gasteiger partial charge in [-0.1, -0.05) is 11.6 Å². The Bertz CT molecular complexity index is 489. The van der Waals surface area contributed by atoms with Gasteiger partial charge >= 0.3 is 5.69 Å². The lowest BCUT2D eigenvalue weighted by Gasteiger charge is -1.92. The Hall–Kier alpha value is -1.36. The van der Waals surface area contributed by atoms with Gasteiger partial charge in [-0.3, -0.25) is 0 Å². The molecule has 0 fully saturated rings. The molecule has 0 unspecified atom stereocenters. The van der Waals surface area contributed by atoms with Gasteiger partial charge in [0.2, 0.25) is 0 Å². The monoisotopic (exact) mass is 187 g/mol. The summed E-state index contributed by atoms with van der Waals surface area (Å²) in [6.07, 6.45) is 1.02. The van der Waals surface area contributed by atoms with Crippen molar-refractivity contribution in [2.45, 2.75) is 0 Å². The number of H-pyrrole nitrogens is 1. The highest BCUT2D eigenvalue weighted by atomic mass is 35.5. The molecule has 0 atom stereocenters. The van der Waals surface area contributed by atoms with Crippen LogP contribution in [0.25, 0.3) is 5.65 Å². The molecule has 0 aliphatic carbocycles. The molecule has 0 spiro atoms. The van der Waals surface area contributed by atoms with Crippen molar-refractivity contribution in [1.82, 2.24) is 14.6 Å². The van der Waals surface area contributed by atoms with Crippen LogP contribution in [0, 0.1) is 5.82 Å². The molecule has 2 aromatic rings. The van der Waals surface area contributed by atoms with E-state index in [0.717, 1.165) is 16.7 Å². The highest BCUT2D eigenvalue weighted by Crippen LogP contribution is 2.14. The molecule has 2 heterocycles. The maximum Gasteiger partial charge on any atom is 0.347 e. The van der Waals surface area contributed by atoms with Crippen LogP contribution in [0.15, 0.2) is 17.1 Å². The van der Waals surface area contributed by atoms with Crippen LogP contribution in [0.2, 0.25) is 5.02 Å². The van der Waals surface area contributed by atoms with Crippen molar-refractivity contribution in [1.29, 1.82) is 0 Å². The third-order valence-corrected chi connectivity index (χ3v) is 1.71. The average Bonchev–Trinajstić information content (AvgIpc) is 2.33. The molecular formula is C6H3ClFN3O. The minimum atomic E-state index is -0.573. The summed E-state index contributed by atoms with van der Waals surface area (Å²) in [5, 5.41) is 5.84. The van der Waals surface area contributed by atoms with Crippen LogP contribution in [-0.4, -0.2) is 14.6 Å². The number of pyridine rings is 1. The Labute approximate surface area is 70.6 Å². The average molecular weight is 188 g/mol. The number of nitrogens with zero attached hydrogens (tertiary/aromatic N) is 2. The fraction of sp³-hybridized carbons (Fsp3) is 0. The predicted octanol–water partition coefficient (Wildman–Crippen LogP) is 0.815. The molecule has 6 heteroatoms. The van der Waals surface area contributed by atoms with Crippen LogP contribution in [0.1, 0.15) is 0 Å². The number of nitrogens with one attached hydrogen (secondary N) is 1. The number of fused-ring (bicyclic) bond motifs is 1. The van der Waals surface area contributed by atoms with Crippen LogP contribution in [0.5, 0.6) is 0 Å². The highest BCUT2D eigenvalue weighted by molar-refractivity contribution is 6.33. The van der Waals surface area contributed by atoms with E-state index in [1.54, 1.807) is 0 Å². The molecule has 0 aliphatic rings. The molecule has 0 aliphatic heterocycles. The van der Waals surface area contributed by atoms with Crippen LogP contribution in [0.3, 0.4) is 0 Å². The Balaban J connectivity index is 3.02. The van der Waals surface area contributed by atoms with E-state index < -0.39 is 11.5 Å². The van der Waals surface area contributed by atoms with Crippen molar-refractivity contribution in [3.63, 3.8) is 0 Å². The summed E-state index contributed by atoms with van der Waals surface area (Å²) in [6.45, 7) is 0. The zero-order valence-corrected chi connectivity index (χ0v) is 6.47. The highest BCUT2D eigenvalue weighted by Gasteiger charge is 2.05. The van der Waals surface area contributed by atoms with Gasteiger partial charge in [0.15, 0.2) is 5.65 Å². The summed E-state index contributed by atoms with van der Waals surface area (Å²) in [7, 11) is 0. The van der Waals surface area contributed by atoms with E-state index in [2.05, 4.69) is 10.2 Å². The number of aromatic nitrogens is 3. The Morgan fingerprint density at radius 1 is 1.67 bits per heavy atom. The standard InChI is InChI=1S/C6H3ClFN3O/c7-4-1-3(8)2-11-5(4)9-10-6(11)12/h1-2H,(H,10,12). The van der Waals surface area contributed by atoms with E-state index in [1.807, 2.05) is 0 Å². The number of hydrogen-bond acceptors (Lipinski definition) is 2. The minimum Gasteiger partial charge on any atom is -0.246 e. The van der Waals surface area contributed by atoms with Crippen LogP contribution < -0.4 is 5.69 Å². The molecule has 0 bridgehead atoms. The van der Waals surface area contributed by atoms with E-state index in [0.29, 0.717) is 0 Å². The van der Waals surface area contributed by atoms with Crippen molar-refractivity contribution in [2.24, 2.45) is 0 Å². The third kappa shape index (κ3) is 0.902. The lowest BCUT2D eigenvalue weighted by molar-refractivity contribution is 0.618. The molecule has 62 valence electrons. The maximum atomic E-state index is 12.7. The summed E-state index contributed by atoms with van der Waals surface area (Å²) in [6, 6.07) is 1.09. The van der Waals surface area contributed by atoms with Crippen molar-refractivity contribution in [2.75, 3.05) is 0 Å². The van der Waals surface area contributed by atoms with Gasteiger partial charge in [0.25, 0.3) is 0 Å². The second-order valence-electron chi connectivity index (χ2n) is 2.23. The Kier molecular flexibility index (Phi) is 1.41. The largest absolute Gasteiger partial charge is 0.347 e. The first kappa shape index (κ1) is 7.30. The summed E-state index contributed by atoms with van der Waals surface area (Å²) >= 11 is 5.59. The van der Waals surface area contributed by atoms with E-state index >= 15 is 0 Å². The van der Waals surface area contributed by atoms with Gasteiger partial charge < -0.3 is 0 Å². The molecule has 2 rings (SSSR count). The van der Waals surface area contributed by atoms with E-state index in [9.17, 15) is 9.18 Å². The van der Waals surface area contributed by atoms with E-state index in [-0.39, 0.29) is 10.7 Å². The molecular weight excluding hydrogens is 185 g/mol. The maximum absolute atomic E-state index is 12.7. The number of halogens is 2. The first-order valence-corrected chi connectivity index (χ1v) is 3.48. The van der Waals surface area contributed by atoms with Crippen molar-refractivity contribution < 1.29 is 4.39 Å². The predicted molar refractivity (Wildman–Crippen MR) is 40.8 cm³/mol. The van der Waals surface area contributed by atoms with Crippen LogP contribution >= 0.6 is 11.6 Å². The van der Waals surface area contributed by atoms with Gasteiger partial charge in [-0.2, -0.15) is 5.10 Å². The normalized spacial score (nSPS) is 10.8. The second kappa shape index (κ2) is 2.31. The zero-order chi connectivity index (χ0) is 8.72. The van der Waals surface area contributed by atoms with Gasteiger partial charge in [-0.05, 0) is 6.07 Å². The molecule has 0 radical (unpaired) electrons. The van der Waals surface area contributed by atoms with Crippen LogP contribution in [-0.2, 0) is 0 Å². The molecule has 0 saturated heterocycles. The fourth-order valence-corrected chi connectivity index (χ4v) is 1.18. The SMILES string of the molecule is O=c1[nH]nc2c(Cl)cc(F)cn12. The van der Waals surface area contributed by atoms with Gasteiger partial charge in [-0.25, -0.2) is 18.7 Å². The molecule has 12 heavy (non-hydrogen) atoms. The molecule has 0 amide bonds. The molecule has 0 saturated carbocycles. The number of hydrogen-bond donors (Lipinski definition) is 1. The quantitative estimate of drug-likeness (QED) is 0.664. The van der Waals surface area contributed by atoms with Crippen molar-refractivity contribution in [3.8, 4) is 0 Å². The van der Waals surface area contributed by atoms with Gasteiger partial charge in [0, 0.05) is 0 Å². The topological polar surface area (TPSA) is 50.2 Å². The smallest absolute Gasteiger partial charge is 0.246 e. The summed E-state index contributed by atoms with van der Waals surface area (Å²) in [5.74, 6) is -0.573. The van der Waals surface area contributed by atoms with Gasteiger partial charge in [0.1, 0.15) is 5.82 Å².